The molecule has 1 N–H and O–H groups in total. The molecule has 1 aliphatic heterocycles. The predicted molar refractivity (Wildman–Crippen MR) is 146 cm³/mol. The monoisotopic (exact) mass is 570 g/mol. The van der Waals surface area contributed by atoms with Gasteiger partial charge in [0, 0.05) is 17.9 Å². The molecule has 1 aliphatic rings. The number of rotatable bonds is 7. The first-order valence-corrected chi connectivity index (χ1v) is 12.9. The first-order valence-electron chi connectivity index (χ1n) is 12.5. The number of nitrogens with zero attached hydrogens (tertiary/aromatic N) is 6. The van der Waals surface area contributed by atoms with Gasteiger partial charge in [0.2, 0.25) is 11.8 Å². The molecule has 1 aromatic heterocycles. The van der Waals surface area contributed by atoms with Crippen LogP contribution in [0.25, 0.3) is 5.69 Å². The van der Waals surface area contributed by atoms with Crippen LogP contribution in [0.2, 0.25) is 5.02 Å². The third-order valence-electron chi connectivity index (χ3n) is 5.67. The van der Waals surface area contributed by atoms with E-state index in [-0.39, 0.29) is 37.7 Å². The average molecular weight is 571 g/mol. The number of piperazine rings is 1. The van der Waals surface area contributed by atoms with Gasteiger partial charge in [0.15, 0.2) is 0 Å². The highest BCUT2D eigenvalue weighted by molar-refractivity contribution is 6.31. The fourth-order valence-electron chi connectivity index (χ4n) is 3.84. The fraction of sp³-hybridized carbons (Fsp3) is 0.370. The highest BCUT2D eigenvalue weighted by Crippen LogP contribution is 2.30. The molecule has 2 heterocycles. The number of carbonyl (C=O) groups excluding carboxylic acids is 3. The molecule has 2 aromatic carbocycles. The topological polar surface area (TPSA) is 148 Å². The molecule has 0 saturated carbocycles. The minimum absolute atomic E-state index is 0.222. The molecule has 1 fully saturated rings. The van der Waals surface area contributed by atoms with Crippen molar-refractivity contribution in [3.8, 4) is 5.69 Å². The molecule has 40 heavy (non-hydrogen) atoms. The maximum atomic E-state index is 13.4. The molecule has 12 nitrogen and oxygen atoms in total. The second-order valence-electron chi connectivity index (χ2n) is 9.88. The smallest absolute Gasteiger partial charge is 0.329 e. The molecule has 212 valence electrons. The van der Waals surface area contributed by atoms with Gasteiger partial charge in [-0.05, 0) is 55.0 Å². The summed E-state index contributed by atoms with van der Waals surface area (Å²) in [5, 5.41) is 19.3. The van der Waals surface area contributed by atoms with Crippen molar-refractivity contribution < 1.29 is 29.0 Å². The van der Waals surface area contributed by atoms with E-state index in [4.69, 9.17) is 21.4 Å². The molecule has 4 rings (SSSR count). The van der Waals surface area contributed by atoms with Crippen molar-refractivity contribution in [2.75, 3.05) is 18.0 Å². The van der Waals surface area contributed by atoms with Crippen LogP contribution < -0.4 is 4.90 Å². The van der Waals surface area contributed by atoms with E-state index in [9.17, 15) is 19.2 Å². The van der Waals surface area contributed by atoms with Crippen LogP contribution in [0.4, 0.5) is 5.69 Å². The van der Waals surface area contributed by atoms with Crippen LogP contribution in [0.3, 0.4) is 0 Å². The summed E-state index contributed by atoms with van der Waals surface area (Å²) in [5.74, 6) is -2.07. The van der Waals surface area contributed by atoms with Crippen LogP contribution in [0.15, 0.2) is 54.9 Å². The minimum Gasteiger partial charge on any atom is -0.481 e. The van der Waals surface area contributed by atoms with Crippen LogP contribution in [0.1, 0.15) is 39.7 Å². The molecule has 0 radical (unpaired) electrons. The van der Waals surface area contributed by atoms with Gasteiger partial charge in [-0.15, -0.1) is 5.10 Å². The molecule has 0 spiro atoms. The number of ether oxygens (including phenoxy) is 1. The van der Waals surface area contributed by atoms with E-state index in [1.165, 1.54) is 20.8 Å². The number of anilines is 1. The van der Waals surface area contributed by atoms with Gasteiger partial charge in [-0.3, -0.25) is 19.3 Å². The number of hydrogen-bond donors (Lipinski definition) is 1. The number of aliphatic carboxylic acids is 1. The third kappa shape index (κ3) is 8.09. The first-order chi connectivity index (χ1) is 18.9. The zero-order valence-electron chi connectivity index (χ0n) is 22.7. The SMILES string of the molecule is CC(C)(C)OC(=O)C(Cc1ccccc1)N1CC(=O)N(c2cc(Cl)ccc2-n2cnnn2)CC1=O.CCC(=O)O. The Bertz CT molecular complexity index is 1340. The van der Waals surface area contributed by atoms with E-state index in [1.807, 2.05) is 30.3 Å². The largest absolute Gasteiger partial charge is 0.481 e. The van der Waals surface area contributed by atoms with Gasteiger partial charge in [-0.25, -0.2) is 4.79 Å². The number of halogens is 1. The number of hydrogen-bond acceptors (Lipinski definition) is 8. The number of esters is 1. The van der Waals surface area contributed by atoms with Crippen LogP contribution in [0, 0.1) is 0 Å². The summed E-state index contributed by atoms with van der Waals surface area (Å²) in [6.45, 7) is 6.31. The first kappa shape index (κ1) is 30.2. The number of carboxylic acids is 1. The van der Waals surface area contributed by atoms with E-state index in [0.717, 1.165) is 5.56 Å². The van der Waals surface area contributed by atoms with Crippen molar-refractivity contribution in [2.24, 2.45) is 0 Å². The Morgan fingerprint density at radius 2 is 1.73 bits per heavy atom. The third-order valence-corrected chi connectivity index (χ3v) is 5.91. The lowest BCUT2D eigenvalue weighted by Gasteiger charge is -2.38. The number of aromatic nitrogens is 4. The average Bonchev–Trinajstić information content (AvgIpc) is 3.43. The van der Waals surface area contributed by atoms with Crippen molar-refractivity contribution in [3.63, 3.8) is 0 Å². The van der Waals surface area contributed by atoms with Gasteiger partial charge in [0.1, 0.15) is 31.1 Å². The molecule has 1 atom stereocenters. The molecule has 1 unspecified atom stereocenters. The standard InChI is InChI=1S/C24H25ClN6O4.C3H6O2/c1-24(2,3)35-23(34)20(11-16-7-5-4-6-8-16)30-14-21(32)29(13-22(30)33)19-12-17(25)9-10-18(19)31-15-26-27-28-31;1-2-3(4)5/h4-10,12,15,20H,11,13-14H2,1-3H3;2H2,1H3,(H,4,5). The summed E-state index contributed by atoms with van der Waals surface area (Å²) in [4.78, 5) is 51.8. The van der Waals surface area contributed by atoms with E-state index >= 15 is 0 Å². The van der Waals surface area contributed by atoms with E-state index in [2.05, 4.69) is 15.5 Å². The number of carbonyl (C=O) groups is 4. The quantitative estimate of drug-likeness (QED) is 0.423. The van der Waals surface area contributed by atoms with Crippen molar-refractivity contribution in [3.05, 3.63) is 65.4 Å². The van der Waals surface area contributed by atoms with Crippen LogP contribution in [-0.4, -0.2) is 78.7 Å². The van der Waals surface area contributed by atoms with Gasteiger partial charge in [0.25, 0.3) is 0 Å². The van der Waals surface area contributed by atoms with Crippen LogP contribution >= 0.6 is 11.6 Å². The summed E-state index contributed by atoms with van der Waals surface area (Å²) in [7, 11) is 0. The maximum Gasteiger partial charge on any atom is 0.329 e. The molecule has 3 aromatic rings. The molecule has 0 aliphatic carbocycles. The molecule has 13 heteroatoms. The summed E-state index contributed by atoms with van der Waals surface area (Å²) in [6.07, 6.45) is 1.83. The predicted octanol–water partition coefficient (Wildman–Crippen LogP) is 2.92. The van der Waals surface area contributed by atoms with Gasteiger partial charge in [-0.2, -0.15) is 4.68 Å². The summed E-state index contributed by atoms with van der Waals surface area (Å²) < 4.78 is 6.99. The van der Waals surface area contributed by atoms with Crippen molar-refractivity contribution in [1.82, 2.24) is 25.1 Å². The minimum atomic E-state index is -0.950. The molecule has 2 amide bonds. The van der Waals surface area contributed by atoms with E-state index < -0.39 is 23.6 Å². The van der Waals surface area contributed by atoms with Crippen LogP contribution in [-0.2, 0) is 30.3 Å². The molecular formula is C27H31ClN6O6. The number of carboxylic acid groups (broad SMARTS) is 1. The normalized spacial score (nSPS) is 14.3. The summed E-state index contributed by atoms with van der Waals surface area (Å²) in [6, 6.07) is 13.2. The number of amides is 2. The van der Waals surface area contributed by atoms with Crippen molar-refractivity contribution >= 4 is 41.0 Å². The van der Waals surface area contributed by atoms with Crippen molar-refractivity contribution in [1.29, 1.82) is 0 Å². The summed E-state index contributed by atoms with van der Waals surface area (Å²) >= 11 is 6.20. The van der Waals surface area contributed by atoms with Crippen molar-refractivity contribution in [2.45, 2.75) is 52.2 Å². The Labute approximate surface area is 236 Å². The molecule has 0 bridgehead atoms. The van der Waals surface area contributed by atoms with E-state index in [1.54, 1.807) is 45.9 Å². The van der Waals surface area contributed by atoms with E-state index in [0.29, 0.717) is 16.4 Å². The Morgan fingerprint density at radius 3 is 2.30 bits per heavy atom. The van der Waals surface area contributed by atoms with Gasteiger partial charge in [0.05, 0.1) is 11.4 Å². The molecular weight excluding hydrogens is 540 g/mol. The van der Waals surface area contributed by atoms with Gasteiger partial charge < -0.3 is 14.7 Å². The van der Waals surface area contributed by atoms with Gasteiger partial charge in [-0.1, -0.05) is 48.9 Å². The second kappa shape index (κ2) is 13.2. The van der Waals surface area contributed by atoms with Gasteiger partial charge >= 0.3 is 11.9 Å². The maximum absolute atomic E-state index is 13.4. The Balaban J connectivity index is 0.000000810. The lowest BCUT2D eigenvalue weighted by atomic mass is 10.0. The van der Waals surface area contributed by atoms with Crippen LogP contribution in [0.5, 0.6) is 0 Å². The highest BCUT2D eigenvalue weighted by atomic mass is 35.5. The Morgan fingerprint density at radius 1 is 1.05 bits per heavy atom. The zero-order chi connectivity index (χ0) is 29.4. The Kier molecular flexibility index (Phi) is 9.94. The highest BCUT2D eigenvalue weighted by Gasteiger charge is 2.40. The number of tetrazole rings is 1. The lowest BCUT2D eigenvalue weighted by Crippen LogP contribution is -2.60. The lowest BCUT2D eigenvalue weighted by molar-refractivity contribution is -0.165. The molecule has 1 saturated heterocycles. The second-order valence-corrected chi connectivity index (χ2v) is 10.3. The Hall–Kier alpha value is -4.32. The zero-order valence-corrected chi connectivity index (χ0v) is 23.4. The fourth-order valence-corrected chi connectivity index (χ4v) is 4.01. The number of benzene rings is 2. The summed E-state index contributed by atoms with van der Waals surface area (Å²) in [5.41, 5.74) is 0.978.